The third-order valence-electron chi connectivity index (χ3n) is 6.49. The van der Waals surface area contributed by atoms with Crippen LogP contribution in [0.3, 0.4) is 0 Å². The third-order valence-corrected chi connectivity index (χ3v) is 6.49. The summed E-state index contributed by atoms with van der Waals surface area (Å²) in [6.45, 7) is 8.57. The van der Waals surface area contributed by atoms with Crippen molar-refractivity contribution in [2.45, 2.75) is 52.2 Å². The lowest BCUT2D eigenvalue weighted by molar-refractivity contribution is 0.0169. The van der Waals surface area contributed by atoms with Crippen molar-refractivity contribution in [3.05, 3.63) is 60.0 Å². The summed E-state index contributed by atoms with van der Waals surface area (Å²) in [5.41, 5.74) is 9.19. The van der Waals surface area contributed by atoms with Gasteiger partial charge in [0.2, 0.25) is 0 Å². The minimum Gasteiger partial charge on any atom is -0.444 e. The van der Waals surface area contributed by atoms with Crippen molar-refractivity contribution in [2.75, 3.05) is 24.1 Å². The van der Waals surface area contributed by atoms with E-state index in [2.05, 4.69) is 20.3 Å². The van der Waals surface area contributed by atoms with Gasteiger partial charge in [-0.1, -0.05) is 12.1 Å². The van der Waals surface area contributed by atoms with Gasteiger partial charge in [-0.05, 0) is 70.4 Å². The predicted molar refractivity (Wildman–Crippen MR) is 148 cm³/mol. The fourth-order valence-electron chi connectivity index (χ4n) is 4.67. The van der Waals surface area contributed by atoms with E-state index in [1.807, 2.05) is 56.6 Å². The van der Waals surface area contributed by atoms with Gasteiger partial charge >= 0.3 is 6.09 Å². The van der Waals surface area contributed by atoms with Crippen LogP contribution in [0.4, 0.5) is 16.4 Å². The molecule has 11 heteroatoms. The van der Waals surface area contributed by atoms with Crippen LogP contribution in [0.2, 0.25) is 0 Å². The molecule has 0 spiro atoms. The molecule has 3 N–H and O–H groups in total. The van der Waals surface area contributed by atoms with E-state index in [9.17, 15) is 9.59 Å². The SMILES string of the molecule is Cc1ccnc(NC(=O)c2ccc(-c3nn(C4CCCN(C(=O)OC(C)(C)C)C4)c4ncnc(N)c34)cc2)c1. The molecule has 1 aromatic carbocycles. The number of aryl methyl sites for hydroxylation is 1. The average Bonchev–Trinajstić information content (AvgIpc) is 3.29. The number of carbonyl (C=O) groups is 2. The second-order valence-electron chi connectivity index (χ2n) is 10.7. The molecule has 11 nitrogen and oxygen atoms in total. The van der Waals surface area contributed by atoms with Gasteiger partial charge in [-0.15, -0.1) is 0 Å². The van der Waals surface area contributed by atoms with Crippen molar-refractivity contribution in [1.82, 2.24) is 29.6 Å². The molecule has 39 heavy (non-hydrogen) atoms. The standard InChI is InChI=1S/C28H32N8O3/c1-17-11-12-30-21(14-17)33-26(37)19-9-7-18(8-10-19)23-22-24(29)31-16-32-25(22)36(34-23)20-6-5-13-35(15-20)27(38)39-28(2,3)4/h7-12,14,16,20H,5-6,13,15H2,1-4H3,(H2,29,31,32)(H,30,33,37). The topological polar surface area (TPSA) is 141 Å². The molecule has 2 amide bonds. The lowest BCUT2D eigenvalue weighted by atomic mass is 10.1. The molecule has 5 rings (SSSR count). The molecular formula is C28H32N8O3. The summed E-state index contributed by atoms with van der Waals surface area (Å²) in [6.07, 6.45) is 4.36. The van der Waals surface area contributed by atoms with Crippen LogP contribution in [-0.4, -0.2) is 60.3 Å². The van der Waals surface area contributed by atoms with Gasteiger partial charge in [0.25, 0.3) is 5.91 Å². The molecule has 0 saturated carbocycles. The number of piperidine rings is 1. The Morgan fingerprint density at radius 1 is 1.10 bits per heavy atom. The highest BCUT2D eigenvalue weighted by molar-refractivity contribution is 6.04. The van der Waals surface area contributed by atoms with Crippen molar-refractivity contribution < 1.29 is 14.3 Å². The molecular weight excluding hydrogens is 496 g/mol. The molecule has 1 aliphatic heterocycles. The van der Waals surface area contributed by atoms with Gasteiger partial charge in [-0.3, -0.25) is 4.79 Å². The van der Waals surface area contributed by atoms with E-state index in [0.29, 0.717) is 47.0 Å². The number of rotatable bonds is 4. The van der Waals surface area contributed by atoms with E-state index in [4.69, 9.17) is 15.6 Å². The zero-order valence-electron chi connectivity index (χ0n) is 22.5. The van der Waals surface area contributed by atoms with Crippen LogP contribution >= 0.6 is 0 Å². The first-order valence-electron chi connectivity index (χ1n) is 12.9. The quantitative estimate of drug-likeness (QED) is 0.391. The second kappa shape index (κ2) is 10.3. The van der Waals surface area contributed by atoms with Crippen molar-refractivity contribution in [3.63, 3.8) is 0 Å². The molecule has 1 unspecified atom stereocenters. The van der Waals surface area contributed by atoms with Gasteiger partial charge in [0.05, 0.1) is 11.4 Å². The Morgan fingerprint density at radius 3 is 2.59 bits per heavy atom. The molecule has 1 fully saturated rings. The highest BCUT2D eigenvalue weighted by Crippen LogP contribution is 2.34. The molecule has 1 atom stereocenters. The number of nitrogens with zero attached hydrogens (tertiary/aromatic N) is 6. The number of fused-ring (bicyclic) bond motifs is 1. The molecule has 4 heterocycles. The lowest BCUT2D eigenvalue weighted by Crippen LogP contribution is -2.43. The third kappa shape index (κ3) is 5.66. The second-order valence-corrected chi connectivity index (χ2v) is 10.7. The Labute approximate surface area is 226 Å². The summed E-state index contributed by atoms with van der Waals surface area (Å²) in [4.78, 5) is 40.1. The van der Waals surface area contributed by atoms with Crippen LogP contribution < -0.4 is 11.1 Å². The average molecular weight is 529 g/mol. The fourth-order valence-corrected chi connectivity index (χ4v) is 4.67. The number of ether oxygens (including phenoxy) is 1. The van der Waals surface area contributed by atoms with Crippen LogP contribution in [0.1, 0.15) is 55.6 Å². The summed E-state index contributed by atoms with van der Waals surface area (Å²) in [5, 5.41) is 8.36. The Hall–Kier alpha value is -4.54. The highest BCUT2D eigenvalue weighted by Gasteiger charge is 2.31. The maximum Gasteiger partial charge on any atom is 0.410 e. The molecule has 3 aromatic heterocycles. The largest absolute Gasteiger partial charge is 0.444 e. The number of benzene rings is 1. The Balaban J connectivity index is 1.43. The number of anilines is 2. The number of hydrogen-bond acceptors (Lipinski definition) is 8. The summed E-state index contributed by atoms with van der Waals surface area (Å²) < 4.78 is 7.43. The normalized spacial score (nSPS) is 15.8. The number of amides is 2. The number of carbonyl (C=O) groups excluding carboxylic acids is 2. The van der Waals surface area contributed by atoms with Gasteiger partial charge in [0, 0.05) is 30.4 Å². The summed E-state index contributed by atoms with van der Waals surface area (Å²) >= 11 is 0. The number of hydrogen-bond donors (Lipinski definition) is 2. The maximum atomic E-state index is 12.8. The van der Waals surface area contributed by atoms with Gasteiger partial charge < -0.3 is 20.7 Å². The minimum atomic E-state index is -0.573. The van der Waals surface area contributed by atoms with Crippen molar-refractivity contribution >= 4 is 34.7 Å². The van der Waals surface area contributed by atoms with E-state index >= 15 is 0 Å². The highest BCUT2D eigenvalue weighted by atomic mass is 16.6. The number of nitrogen functional groups attached to an aromatic ring is 1. The lowest BCUT2D eigenvalue weighted by Gasteiger charge is -2.34. The van der Waals surface area contributed by atoms with Crippen LogP contribution in [0.5, 0.6) is 0 Å². The van der Waals surface area contributed by atoms with Crippen LogP contribution in [0.15, 0.2) is 48.9 Å². The number of likely N-dealkylation sites (tertiary alicyclic amines) is 1. The molecule has 1 saturated heterocycles. The van der Waals surface area contributed by atoms with Gasteiger partial charge in [-0.2, -0.15) is 5.10 Å². The monoisotopic (exact) mass is 528 g/mol. The molecule has 202 valence electrons. The molecule has 0 bridgehead atoms. The molecule has 0 radical (unpaired) electrons. The van der Waals surface area contributed by atoms with E-state index in [1.165, 1.54) is 6.33 Å². The van der Waals surface area contributed by atoms with Gasteiger partial charge in [-0.25, -0.2) is 24.4 Å². The zero-order valence-corrected chi connectivity index (χ0v) is 22.5. The molecule has 1 aliphatic rings. The predicted octanol–water partition coefficient (Wildman–Crippen LogP) is 4.60. The van der Waals surface area contributed by atoms with Crippen LogP contribution in [0.25, 0.3) is 22.3 Å². The van der Waals surface area contributed by atoms with Crippen molar-refractivity contribution in [1.29, 1.82) is 0 Å². The van der Waals surface area contributed by atoms with E-state index < -0.39 is 5.60 Å². The Bertz CT molecular complexity index is 1520. The molecule has 4 aromatic rings. The van der Waals surface area contributed by atoms with Crippen molar-refractivity contribution in [3.8, 4) is 11.3 Å². The molecule has 0 aliphatic carbocycles. The first-order chi connectivity index (χ1) is 18.6. The van der Waals surface area contributed by atoms with Crippen LogP contribution in [0, 0.1) is 6.92 Å². The van der Waals surface area contributed by atoms with E-state index in [1.54, 1.807) is 23.2 Å². The summed E-state index contributed by atoms with van der Waals surface area (Å²) in [7, 11) is 0. The van der Waals surface area contributed by atoms with E-state index in [-0.39, 0.29) is 18.0 Å². The fraction of sp³-hybridized carbons (Fsp3) is 0.357. The first kappa shape index (κ1) is 26.1. The summed E-state index contributed by atoms with van der Waals surface area (Å²) in [6, 6.07) is 10.7. The zero-order chi connectivity index (χ0) is 27.7. The number of pyridine rings is 1. The summed E-state index contributed by atoms with van der Waals surface area (Å²) in [5.74, 6) is 0.544. The van der Waals surface area contributed by atoms with Gasteiger partial charge in [0.15, 0.2) is 5.65 Å². The van der Waals surface area contributed by atoms with Gasteiger partial charge in [0.1, 0.15) is 29.3 Å². The maximum absolute atomic E-state index is 12.8. The smallest absolute Gasteiger partial charge is 0.410 e. The number of aromatic nitrogens is 5. The first-order valence-corrected chi connectivity index (χ1v) is 12.9. The number of nitrogens with two attached hydrogens (primary N) is 1. The number of nitrogens with one attached hydrogen (secondary N) is 1. The Kier molecular flexibility index (Phi) is 6.90. The van der Waals surface area contributed by atoms with Crippen molar-refractivity contribution in [2.24, 2.45) is 0 Å². The minimum absolute atomic E-state index is 0.108. The van der Waals surface area contributed by atoms with Crippen LogP contribution in [-0.2, 0) is 4.74 Å². The Morgan fingerprint density at radius 2 is 1.87 bits per heavy atom. The van der Waals surface area contributed by atoms with E-state index in [0.717, 1.165) is 24.0 Å².